The highest BCUT2D eigenvalue weighted by Crippen LogP contribution is 2.23. The third kappa shape index (κ3) is 3.34. The van der Waals surface area contributed by atoms with Crippen LogP contribution in [0.15, 0.2) is 48.7 Å². The van der Waals surface area contributed by atoms with Gasteiger partial charge in [-0.2, -0.15) is 0 Å². The first-order valence-corrected chi connectivity index (χ1v) is 7.35. The summed E-state index contributed by atoms with van der Waals surface area (Å²) in [5.74, 6) is 0.301. The van der Waals surface area contributed by atoms with Gasteiger partial charge in [-0.25, -0.2) is 4.39 Å². The maximum absolute atomic E-state index is 12.8. The van der Waals surface area contributed by atoms with E-state index in [-0.39, 0.29) is 11.7 Å². The molecule has 5 heteroatoms. The van der Waals surface area contributed by atoms with Crippen LogP contribution in [0.25, 0.3) is 10.9 Å². The monoisotopic (exact) mass is 312 g/mol. The molecule has 0 aliphatic carbocycles. The van der Waals surface area contributed by atoms with Crippen LogP contribution in [0, 0.1) is 5.82 Å². The lowest BCUT2D eigenvalue weighted by molar-refractivity contribution is 0.0956. The van der Waals surface area contributed by atoms with E-state index in [9.17, 15) is 9.18 Å². The fourth-order valence-corrected chi connectivity index (χ4v) is 2.48. The molecule has 1 amide bonds. The number of carbonyl (C=O) groups is 1. The van der Waals surface area contributed by atoms with Gasteiger partial charge in [0.15, 0.2) is 0 Å². The number of nitrogens with one attached hydrogen (secondary N) is 2. The van der Waals surface area contributed by atoms with Gasteiger partial charge in [-0.1, -0.05) is 12.1 Å². The molecule has 3 aromatic rings. The van der Waals surface area contributed by atoms with Crippen LogP contribution in [-0.4, -0.2) is 24.5 Å². The van der Waals surface area contributed by atoms with Gasteiger partial charge in [0, 0.05) is 23.6 Å². The predicted molar refractivity (Wildman–Crippen MR) is 87.3 cm³/mol. The van der Waals surface area contributed by atoms with Crippen LogP contribution in [0.3, 0.4) is 0 Å². The smallest absolute Gasteiger partial charge is 0.253 e. The number of aromatic nitrogens is 1. The molecule has 3 rings (SSSR count). The zero-order valence-electron chi connectivity index (χ0n) is 12.7. The molecule has 1 heterocycles. The Hall–Kier alpha value is -2.82. The Kier molecular flexibility index (Phi) is 4.28. The zero-order chi connectivity index (χ0) is 16.2. The summed E-state index contributed by atoms with van der Waals surface area (Å²) < 4.78 is 18.0. The fraction of sp³-hybridized carbons (Fsp3) is 0.167. The third-order valence-electron chi connectivity index (χ3n) is 3.75. The summed E-state index contributed by atoms with van der Waals surface area (Å²) in [6, 6.07) is 11.8. The van der Waals surface area contributed by atoms with Gasteiger partial charge >= 0.3 is 0 Å². The standard InChI is InChI=1S/C18H17FN2O2/c1-23-14-6-7-17-15(10-14)16(11-21-17)18(22)20-9-8-12-2-4-13(19)5-3-12/h2-7,10-11,21H,8-9H2,1H3,(H,20,22). The number of aromatic amines is 1. The van der Waals surface area contributed by atoms with Crippen molar-refractivity contribution < 1.29 is 13.9 Å². The maximum Gasteiger partial charge on any atom is 0.253 e. The van der Waals surface area contributed by atoms with Gasteiger partial charge in [0.1, 0.15) is 11.6 Å². The van der Waals surface area contributed by atoms with E-state index in [1.807, 2.05) is 18.2 Å². The molecule has 0 radical (unpaired) electrons. The molecule has 118 valence electrons. The Morgan fingerprint density at radius 1 is 1.22 bits per heavy atom. The summed E-state index contributed by atoms with van der Waals surface area (Å²) in [6.45, 7) is 0.487. The highest BCUT2D eigenvalue weighted by atomic mass is 19.1. The van der Waals surface area contributed by atoms with Crippen molar-refractivity contribution in [1.82, 2.24) is 10.3 Å². The number of amides is 1. The van der Waals surface area contributed by atoms with E-state index in [2.05, 4.69) is 10.3 Å². The van der Waals surface area contributed by atoms with E-state index < -0.39 is 0 Å². The molecule has 0 spiro atoms. The second-order valence-corrected chi connectivity index (χ2v) is 5.25. The Labute approximate surface area is 133 Å². The molecule has 0 bridgehead atoms. The van der Waals surface area contributed by atoms with Crippen molar-refractivity contribution in [3.63, 3.8) is 0 Å². The van der Waals surface area contributed by atoms with Crippen LogP contribution in [0.5, 0.6) is 5.75 Å². The number of methoxy groups -OCH3 is 1. The molecular formula is C18H17FN2O2. The first-order chi connectivity index (χ1) is 11.2. The molecule has 23 heavy (non-hydrogen) atoms. The highest BCUT2D eigenvalue weighted by Gasteiger charge is 2.12. The van der Waals surface area contributed by atoms with Crippen LogP contribution in [-0.2, 0) is 6.42 Å². The minimum Gasteiger partial charge on any atom is -0.497 e. The summed E-state index contributed by atoms with van der Waals surface area (Å²) in [7, 11) is 1.59. The van der Waals surface area contributed by atoms with Crippen LogP contribution < -0.4 is 10.1 Å². The fourth-order valence-electron chi connectivity index (χ4n) is 2.48. The molecule has 1 aromatic heterocycles. The molecule has 0 saturated carbocycles. The van der Waals surface area contributed by atoms with Gasteiger partial charge in [0.2, 0.25) is 0 Å². The van der Waals surface area contributed by atoms with E-state index in [0.29, 0.717) is 24.3 Å². The minimum atomic E-state index is -0.259. The van der Waals surface area contributed by atoms with Crippen molar-refractivity contribution in [3.8, 4) is 5.75 Å². The van der Waals surface area contributed by atoms with Crippen molar-refractivity contribution >= 4 is 16.8 Å². The number of ether oxygens (including phenoxy) is 1. The van der Waals surface area contributed by atoms with Gasteiger partial charge in [0.25, 0.3) is 5.91 Å². The maximum atomic E-state index is 12.8. The minimum absolute atomic E-state index is 0.147. The summed E-state index contributed by atoms with van der Waals surface area (Å²) in [5, 5.41) is 3.71. The largest absolute Gasteiger partial charge is 0.497 e. The van der Waals surface area contributed by atoms with Gasteiger partial charge in [-0.15, -0.1) is 0 Å². The molecule has 0 fully saturated rings. The lowest BCUT2D eigenvalue weighted by Gasteiger charge is -2.05. The molecule has 0 saturated heterocycles. The van der Waals surface area contributed by atoms with Crippen molar-refractivity contribution in [3.05, 3.63) is 65.6 Å². The predicted octanol–water partition coefficient (Wildman–Crippen LogP) is 3.29. The molecule has 0 unspecified atom stereocenters. The Morgan fingerprint density at radius 3 is 2.74 bits per heavy atom. The Bertz CT molecular complexity index is 825. The number of rotatable bonds is 5. The number of benzene rings is 2. The molecule has 0 aliphatic heterocycles. The van der Waals surface area contributed by atoms with E-state index in [0.717, 1.165) is 16.5 Å². The quantitative estimate of drug-likeness (QED) is 0.759. The number of hydrogen-bond donors (Lipinski definition) is 2. The molecule has 2 aromatic carbocycles. The SMILES string of the molecule is COc1ccc2[nH]cc(C(=O)NCCc3ccc(F)cc3)c2c1. The highest BCUT2D eigenvalue weighted by molar-refractivity contribution is 6.07. The van der Waals surface area contributed by atoms with Crippen LogP contribution in [0.1, 0.15) is 15.9 Å². The first kappa shape index (κ1) is 15.1. The number of carbonyl (C=O) groups excluding carboxylic acids is 1. The van der Waals surface area contributed by atoms with E-state index >= 15 is 0 Å². The molecule has 4 nitrogen and oxygen atoms in total. The van der Waals surface area contributed by atoms with E-state index in [4.69, 9.17) is 4.74 Å². The van der Waals surface area contributed by atoms with Gasteiger partial charge in [-0.05, 0) is 42.3 Å². The Morgan fingerprint density at radius 2 is 2.00 bits per heavy atom. The van der Waals surface area contributed by atoms with Crippen molar-refractivity contribution in [2.45, 2.75) is 6.42 Å². The number of fused-ring (bicyclic) bond motifs is 1. The second kappa shape index (κ2) is 6.52. The van der Waals surface area contributed by atoms with Crippen LogP contribution >= 0.6 is 0 Å². The van der Waals surface area contributed by atoms with Crippen molar-refractivity contribution in [1.29, 1.82) is 0 Å². The average Bonchev–Trinajstić information content (AvgIpc) is 2.99. The first-order valence-electron chi connectivity index (χ1n) is 7.35. The van der Waals surface area contributed by atoms with Gasteiger partial charge in [-0.3, -0.25) is 4.79 Å². The average molecular weight is 312 g/mol. The molecule has 0 aliphatic rings. The van der Waals surface area contributed by atoms with Crippen molar-refractivity contribution in [2.24, 2.45) is 0 Å². The molecule has 2 N–H and O–H groups in total. The summed E-state index contributed by atoms with van der Waals surface area (Å²) in [4.78, 5) is 15.4. The zero-order valence-corrected chi connectivity index (χ0v) is 12.7. The molecule has 0 atom stereocenters. The van der Waals surface area contributed by atoms with E-state index in [1.54, 1.807) is 25.4 Å². The summed E-state index contributed by atoms with van der Waals surface area (Å²) in [6.07, 6.45) is 2.34. The lowest BCUT2D eigenvalue weighted by Crippen LogP contribution is -2.25. The topological polar surface area (TPSA) is 54.1 Å². The lowest BCUT2D eigenvalue weighted by atomic mass is 10.1. The van der Waals surface area contributed by atoms with Gasteiger partial charge in [0.05, 0.1) is 12.7 Å². The van der Waals surface area contributed by atoms with Crippen LogP contribution in [0.4, 0.5) is 4.39 Å². The van der Waals surface area contributed by atoms with Crippen LogP contribution in [0.2, 0.25) is 0 Å². The Balaban J connectivity index is 1.67. The summed E-state index contributed by atoms with van der Waals surface area (Å²) in [5.41, 5.74) is 2.44. The number of halogens is 1. The van der Waals surface area contributed by atoms with E-state index in [1.165, 1.54) is 12.1 Å². The third-order valence-corrected chi connectivity index (χ3v) is 3.75. The number of hydrogen-bond acceptors (Lipinski definition) is 2. The van der Waals surface area contributed by atoms with Crippen molar-refractivity contribution in [2.75, 3.05) is 13.7 Å². The molecular weight excluding hydrogens is 295 g/mol. The normalized spacial score (nSPS) is 10.7. The number of H-pyrrole nitrogens is 1. The van der Waals surface area contributed by atoms with Gasteiger partial charge < -0.3 is 15.0 Å². The second-order valence-electron chi connectivity index (χ2n) is 5.25. The summed E-state index contributed by atoms with van der Waals surface area (Å²) >= 11 is 0.